The van der Waals surface area contributed by atoms with Gasteiger partial charge in [-0.05, 0) is 30.3 Å². The van der Waals surface area contributed by atoms with Crippen LogP contribution >= 0.6 is 0 Å². The number of nitrogens with zero attached hydrogens (tertiary/aromatic N) is 2. The number of methoxy groups -OCH3 is 2. The van der Waals surface area contributed by atoms with Crippen LogP contribution < -0.4 is 9.47 Å². The minimum Gasteiger partial charge on any atom is -0.493 e. The summed E-state index contributed by atoms with van der Waals surface area (Å²) in [7, 11) is 3.07. The SMILES string of the molecule is COc1ccc(-c2noc(COC(=O)/C=C/c3ccccc3F)n2)cc1OC. The Balaban J connectivity index is 1.62. The maximum atomic E-state index is 13.5. The summed E-state index contributed by atoms with van der Waals surface area (Å²) in [6, 6.07) is 11.3. The highest BCUT2D eigenvalue weighted by Gasteiger charge is 2.13. The maximum absolute atomic E-state index is 13.5. The highest BCUT2D eigenvalue weighted by molar-refractivity contribution is 5.87. The van der Waals surface area contributed by atoms with Crippen LogP contribution in [-0.4, -0.2) is 30.3 Å². The van der Waals surface area contributed by atoms with E-state index in [0.717, 1.165) is 6.08 Å². The summed E-state index contributed by atoms with van der Waals surface area (Å²) in [5.74, 6) is 0.449. The molecule has 0 radical (unpaired) electrons. The van der Waals surface area contributed by atoms with Crippen molar-refractivity contribution in [2.24, 2.45) is 0 Å². The van der Waals surface area contributed by atoms with Crippen LogP contribution in [0.3, 0.4) is 0 Å². The number of ether oxygens (including phenoxy) is 3. The van der Waals surface area contributed by atoms with Crippen molar-refractivity contribution in [3.8, 4) is 22.9 Å². The summed E-state index contributed by atoms with van der Waals surface area (Å²) in [4.78, 5) is 16.0. The number of benzene rings is 2. The smallest absolute Gasteiger partial charge is 0.331 e. The van der Waals surface area contributed by atoms with Gasteiger partial charge in [0.1, 0.15) is 5.82 Å². The lowest BCUT2D eigenvalue weighted by Crippen LogP contribution is -2.01. The zero-order valence-corrected chi connectivity index (χ0v) is 15.2. The van der Waals surface area contributed by atoms with E-state index in [0.29, 0.717) is 22.9 Å². The van der Waals surface area contributed by atoms with E-state index in [9.17, 15) is 9.18 Å². The third kappa shape index (κ3) is 4.53. The highest BCUT2D eigenvalue weighted by atomic mass is 19.1. The molecule has 0 saturated heterocycles. The van der Waals surface area contributed by atoms with Gasteiger partial charge in [0.15, 0.2) is 18.1 Å². The molecule has 8 heteroatoms. The van der Waals surface area contributed by atoms with Crippen LogP contribution in [0.2, 0.25) is 0 Å². The van der Waals surface area contributed by atoms with E-state index in [1.54, 1.807) is 43.5 Å². The highest BCUT2D eigenvalue weighted by Crippen LogP contribution is 2.31. The molecule has 1 heterocycles. The molecule has 0 N–H and O–H groups in total. The number of hydrogen-bond acceptors (Lipinski definition) is 7. The quantitative estimate of drug-likeness (QED) is 0.454. The second-order valence-electron chi connectivity index (χ2n) is 5.54. The summed E-state index contributed by atoms with van der Waals surface area (Å²) in [6.07, 6.45) is 2.46. The van der Waals surface area contributed by atoms with Crippen molar-refractivity contribution in [1.29, 1.82) is 0 Å². The van der Waals surface area contributed by atoms with Crippen LogP contribution in [0.5, 0.6) is 11.5 Å². The second kappa shape index (κ2) is 8.81. The molecule has 0 atom stereocenters. The Hall–Kier alpha value is -3.68. The van der Waals surface area contributed by atoms with Crippen LogP contribution in [0.1, 0.15) is 11.5 Å². The lowest BCUT2D eigenvalue weighted by atomic mass is 10.2. The summed E-state index contributed by atoms with van der Waals surface area (Å²) in [5, 5.41) is 3.86. The molecule has 0 spiro atoms. The number of esters is 1. The molecule has 0 aliphatic heterocycles. The third-order valence-corrected chi connectivity index (χ3v) is 3.75. The molecule has 0 aliphatic rings. The number of rotatable bonds is 7. The second-order valence-corrected chi connectivity index (χ2v) is 5.54. The molecule has 2 aromatic carbocycles. The van der Waals surface area contributed by atoms with Crippen molar-refractivity contribution in [2.45, 2.75) is 6.61 Å². The van der Waals surface area contributed by atoms with E-state index in [4.69, 9.17) is 18.7 Å². The van der Waals surface area contributed by atoms with Crippen LogP contribution in [0, 0.1) is 5.82 Å². The molecule has 0 saturated carbocycles. The monoisotopic (exact) mass is 384 g/mol. The summed E-state index contributed by atoms with van der Waals surface area (Å²) in [6.45, 7) is -0.208. The number of carbonyl (C=O) groups excluding carboxylic acids is 1. The average Bonchev–Trinajstić information content (AvgIpc) is 3.20. The standard InChI is InChI=1S/C20H17FN2O5/c1-25-16-9-7-14(11-17(16)26-2)20-22-18(28-23-20)12-27-19(24)10-8-13-5-3-4-6-15(13)21/h3-11H,12H2,1-2H3/b10-8+. The lowest BCUT2D eigenvalue weighted by Gasteiger charge is -2.07. The van der Waals surface area contributed by atoms with Gasteiger partial charge in [0.05, 0.1) is 14.2 Å². The average molecular weight is 384 g/mol. The van der Waals surface area contributed by atoms with Crippen molar-refractivity contribution < 1.29 is 27.9 Å². The number of carbonyl (C=O) groups is 1. The van der Waals surface area contributed by atoms with E-state index in [1.165, 1.54) is 19.3 Å². The molecule has 0 aliphatic carbocycles. The normalized spacial score (nSPS) is 10.8. The van der Waals surface area contributed by atoms with E-state index < -0.39 is 11.8 Å². The molecule has 7 nitrogen and oxygen atoms in total. The Morgan fingerprint density at radius 1 is 1.14 bits per heavy atom. The van der Waals surface area contributed by atoms with Gasteiger partial charge >= 0.3 is 5.97 Å². The van der Waals surface area contributed by atoms with Gasteiger partial charge < -0.3 is 18.7 Å². The fourth-order valence-electron chi connectivity index (χ4n) is 2.36. The van der Waals surface area contributed by atoms with Crippen LogP contribution in [-0.2, 0) is 16.1 Å². The fraction of sp³-hybridized carbons (Fsp3) is 0.150. The zero-order chi connectivity index (χ0) is 19.9. The molecule has 0 unspecified atom stereocenters. The largest absolute Gasteiger partial charge is 0.493 e. The Labute approximate surface area is 160 Å². The molecular formula is C20H17FN2O5. The van der Waals surface area contributed by atoms with Gasteiger partial charge in [-0.1, -0.05) is 23.4 Å². The predicted octanol–water partition coefficient (Wildman–Crippen LogP) is 3.65. The van der Waals surface area contributed by atoms with Gasteiger partial charge in [-0.25, -0.2) is 9.18 Å². The van der Waals surface area contributed by atoms with Crippen molar-refractivity contribution >= 4 is 12.0 Å². The van der Waals surface area contributed by atoms with Crippen molar-refractivity contribution in [3.05, 3.63) is 65.8 Å². The Bertz CT molecular complexity index is 1000. The van der Waals surface area contributed by atoms with Gasteiger partial charge in [0.2, 0.25) is 5.82 Å². The first-order chi connectivity index (χ1) is 13.6. The molecule has 28 heavy (non-hydrogen) atoms. The molecule has 0 amide bonds. The number of halogens is 1. The van der Waals surface area contributed by atoms with Crippen molar-refractivity contribution in [2.75, 3.05) is 14.2 Å². The van der Waals surface area contributed by atoms with Gasteiger partial charge in [-0.2, -0.15) is 4.98 Å². The first kappa shape index (κ1) is 19.1. The minimum atomic E-state index is -0.658. The topological polar surface area (TPSA) is 83.7 Å². The Morgan fingerprint density at radius 2 is 1.93 bits per heavy atom. The molecule has 144 valence electrons. The molecule has 0 bridgehead atoms. The predicted molar refractivity (Wildman–Crippen MR) is 98.1 cm³/mol. The Morgan fingerprint density at radius 3 is 2.68 bits per heavy atom. The van der Waals surface area contributed by atoms with Crippen LogP contribution in [0.25, 0.3) is 17.5 Å². The first-order valence-electron chi connectivity index (χ1n) is 8.25. The minimum absolute atomic E-state index is 0.123. The molecule has 3 rings (SSSR count). The van der Waals surface area contributed by atoms with E-state index in [-0.39, 0.29) is 18.1 Å². The number of aromatic nitrogens is 2. The molecular weight excluding hydrogens is 367 g/mol. The number of hydrogen-bond donors (Lipinski definition) is 0. The van der Waals surface area contributed by atoms with Gasteiger partial charge in [0.25, 0.3) is 5.89 Å². The summed E-state index contributed by atoms with van der Waals surface area (Å²) >= 11 is 0. The van der Waals surface area contributed by atoms with E-state index in [2.05, 4.69) is 10.1 Å². The summed E-state index contributed by atoms with van der Waals surface area (Å²) < 4.78 is 34.0. The van der Waals surface area contributed by atoms with Crippen molar-refractivity contribution in [1.82, 2.24) is 10.1 Å². The Kier molecular flexibility index (Phi) is 6.01. The molecule has 1 aromatic heterocycles. The maximum Gasteiger partial charge on any atom is 0.331 e. The first-order valence-corrected chi connectivity index (χ1v) is 8.25. The van der Waals surface area contributed by atoms with Crippen molar-refractivity contribution in [3.63, 3.8) is 0 Å². The molecule has 0 fully saturated rings. The van der Waals surface area contributed by atoms with Crippen LogP contribution in [0.15, 0.2) is 53.1 Å². The third-order valence-electron chi connectivity index (χ3n) is 3.75. The lowest BCUT2D eigenvalue weighted by molar-refractivity contribution is -0.139. The van der Waals surface area contributed by atoms with Gasteiger partial charge in [-0.3, -0.25) is 0 Å². The van der Waals surface area contributed by atoms with E-state index >= 15 is 0 Å². The summed E-state index contributed by atoms with van der Waals surface area (Å²) in [5.41, 5.74) is 0.936. The molecule has 3 aromatic rings. The van der Waals surface area contributed by atoms with Gasteiger partial charge in [0, 0.05) is 17.2 Å². The van der Waals surface area contributed by atoms with Crippen LogP contribution in [0.4, 0.5) is 4.39 Å². The fourth-order valence-corrected chi connectivity index (χ4v) is 2.36. The zero-order valence-electron chi connectivity index (χ0n) is 15.2. The van der Waals surface area contributed by atoms with Gasteiger partial charge in [-0.15, -0.1) is 0 Å². The van der Waals surface area contributed by atoms with E-state index in [1.807, 2.05) is 0 Å².